The Bertz CT molecular complexity index is 1400. The molecule has 1 aliphatic rings. The van der Waals surface area contributed by atoms with Gasteiger partial charge in [0, 0.05) is 39.1 Å². The fraction of sp³-hybridized carbons (Fsp3) is 0.355. The lowest BCUT2D eigenvalue weighted by atomic mass is 10.0. The first kappa shape index (κ1) is 30.4. The number of carbonyl (C=O) groups excluding carboxylic acids is 2. The van der Waals surface area contributed by atoms with Crippen LogP contribution in [0, 0.1) is 5.82 Å². The lowest BCUT2D eigenvalue weighted by Crippen LogP contribution is -2.51. The molecule has 0 aromatic heterocycles. The highest BCUT2D eigenvalue weighted by Crippen LogP contribution is 2.23. The van der Waals surface area contributed by atoms with Crippen LogP contribution < -0.4 is 10.0 Å². The Morgan fingerprint density at radius 2 is 1.61 bits per heavy atom. The van der Waals surface area contributed by atoms with Crippen molar-refractivity contribution in [2.45, 2.75) is 55.6 Å². The van der Waals surface area contributed by atoms with Crippen molar-refractivity contribution in [2.24, 2.45) is 0 Å². The summed E-state index contributed by atoms with van der Waals surface area (Å²) >= 11 is 0. The lowest BCUT2D eigenvalue weighted by Gasteiger charge is -2.31. The van der Waals surface area contributed by atoms with Gasteiger partial charge in [-0.05, 0) is 60.2 Å². The van der Waals surface area contributed by atoms with E-state index < -0.39 is 16.1 Å². The fourth-order valence-electron chi connectivity index (χ4n) is 4.45. The van der Waals surface area contributed by atoms with Crippen LogP contribution >= 0.6 is 0 Å². The van der Waals surface area contributed by atoms with Crippen LogP contribution in [-0.4, -0.2) is 57.5 Å². The first-order valence-electron chi connectivity index (χ1n) is 13.7. The van der Waals surface area contributed by atoms with Gasteiger partial charge in [0.25, 0.3) is 0 Å². The molecule has 4 rings (SSSR count). The number of ether oxygens (including phenoxy) is 1. The molecule has 3 aromatic rings. The van der Waals surface area contributed by atoms with E-state index in [0.717, 1.165) is 24.0 Å². The molecule has 0 saturated heterocycles. The number of nitrogens with one attached hydrogen (secondary N) is 2. The van der Waals surface area contributed by atoms with E-state index in [2.05, 4.69) is 10.0 Å². The predicted octanol–water partition coefficient (Wildman–Crippen LogP) is 3.60. The topological polar surface area (TPSA) is 105 Å². The molecule has 2 N–H and O–H groups in total. The standard InChI is InChI=1S/C31H36FN3O5S/c1-40-20-19-33-31(37)29(21-24-5-3-2-4-6-24)35(22-25-7-12-26(32)13-8-25)30(36)18-11-23-9-16-28(17-10-23)41(38,39)34-27-14-15-27/h2-10,12-13,16-17,27,29,34H,11,14-15,18-22H2,1H3,(H,33,37)/t29-/m1/s1. The molecule has 41 heavy (non-hydrogen) atoms. The van der Waals surface area contributed by atoms with Crippen molar-refractivity contribution in [2.75, 3.05) is 20.3 Å². The number of methoxy groups -OCH3 is 1. The molecule has 218 valence electrons. The summed E-state index contributed by atoms with van der Waals surface area (Å²) in [6.45, 7) is 0.750. The number of hydrogen-bond acceptors (Lipinski definition) is 5. The number of carbonyl (C=O) groups is 2. The van der Waals surface area contributed by atoms with Gasteiger partial charge in [-0.3, -0.25) is 9.59 Å². The number of benzene rings is 3. The highest BCUT2D eigenvalue weighted by Gasteiger charge is 2.30. The van der Waals surface area contributed by atoms with Crippen LogP contribution in [0.1, 0.15) is 36.0 Å². The number of aryl methyl sites for hydroxylation is 1. The molecule has 1 aliphatic carbocycles. The summed E-state index contributed by atoms with van der Waals surface area (Å²) in [4.78, 5) is 28.9. The molecular formula is C31H36FN3O5S. The molecule has 10 heteroatoms. The van der Waals surface area contributed by atoms with Crippen molar-refractivity contribution in [1.29, 1.82) is 0 Å². The number of nitrogens with zero attached hydrogens (tertiary/aromatic N) is 1. The van der Waals surface area contributed by atoms with E-state index in [0.29, 0.717) is 31.6 Å². The van der Waals surface area contributed by atoms with E-state index in [1.807, 2.05) is 30.3 Å². The van der Waals surface area contributed by atoms with E-state index >= 15 is 0 Å². The van der Waals surface area contributed by atoms with Gasteiger partial charge < -0.3 is 15.0 Å². The van der Waals surface area contributed by atoms with Gasteiger partial charge in [0.1, 0.15) is 11.9 Å². The van der Waals surface area contributed by atoms with E-state index in [9.17, 15) is 22.4 Å². The average Bonchev–Trinajstić information content (AvgIpc) is 3.79. The third-order valence-corrected chi connectivity index (χ3v) is 8.44. The number of sulfonamides is 1. The maximum absolute atomic E-state index is 13.7. The molecule has 1 atom stereocenters. The Morgan fingerprint density at radius 1 is 0.951 bits per heavy atom. The number of amides is 2. The Kier molecular flexibility index (Phi) is 10.6. The maximum atomic E-state index is 13.7. The van der Waals surface area contributed by atoms with Gasteiger partial charge >= 0.3 is 0 Å². The Balaban J connectivity index is 1.53. The summed E-state index contributed by atoms with van der Waals surface area (Å²) < 4.78 is 46.3. The quantitative estimate of drug-likeness (QED) is 0.267. The molecule has 0 spiro atoms. The van der Waals surface area contributed by atoms with Gasteiger partial charge in [0.15, 0.2) is 0 Å². The van der Waals surface area contributed by atoms with Crippen molar-refractivity contribution < 1.29 is 27.1 Å². The van der Waals surface area contributed by atoms with Crippen LogP contribution in [-0.2, 0) is 43.7 Å². The predicted molar refractivity (Wildman–Crippen MR) is 154 cm³/mol. The van der Waals surface area contributed by atoms with Gasteiger partial charge in [-0.15, -0.1) is 0 Å². The van der Waals surface area contributed by atoms with E-state index in [-0.39, 0.29) is 41.5 Å². The Hall–Kier alpha value is -3.60. The second kappa shape index (κ2) is 14.3. The third kappa shape index (κ3) is 9.21. The minimum Gasteiger partial charge on any atom is -0.383 e. The zero-order valence-corrected chi connectivity index (χ0v) is 23.9. The third-order valence-electron chi connectivity index (χ3n) is 6.90. The van der Waals surface area contributed by atoms with Crippen molar-refractivity contribution in [3.05, 3.63) is 101 Å². The summed E-state index contributed by atoms with van der Waals surface area (Å²) in [5.41, 5.74) is 2.39. The van der Waals surface area contributed by atoms with Crippen LogP contribution in [0.2, 0.25) is 0 Å². The van der Waals surface area contributed by atoms with E-state index in [4.69, 9.17) is 4.74 Å². The second-order valence-electron chi connectivity index (χ2n) is 10.2. The van der Waals surface area contributed by atoms with Crippen LogP contribution in [0.15, 0.2) is 83.8 Å². The first-order valence-corrected chi connectivity index (χ1v) is 15.2. The minimum atomic E-state index is -3.56. The molecule has 0 heterocycles. The van der Waals surface area contributed by atoms with Gasteiger partial charge in [0.2, 0.25) is 21.8 Å². The second-order valence-corrected chi connectivity index (χ2v) is 11.9. The molecule has 0 unspecified atom stereocenters. The molecule has 1 fully saturated rings. The summed E-state index contributed by atoms with van der Waals surface area (Å²) in [5.74, 6) is -0.939. The first-order chi connectivity index (χ1) is 19.7. The SMILES string of the molecule is COCCNC(=O)[C@@H](Cc1ccccc1)N(Cc1ccc(F)cc1)C(=O)CCc1ccc(S(=O)(=O)NC2CC2)cc1. The maximum Gasteiger partial charge on any atom is 0.243 e. The number of halogens is 1. The van der Waals surface area contributed by atoms with Gasteiger partial charge in [-0.1, -0.05) is 54.6 Å². The smallest absolute Gasteiger partial charge is 0.243 e. The zero-order valence-electron chi connectivity index (χ0n) is 23.1. The highest BCUT2D eigenvalue weighted by atomic mass is 32.2. The average molecular weight is 582 g/mol. The largest absolute Gasteiger partial charge is 0.383 e. The monoisotopic (exact) mass is 581 g/mol. The molecular weight excluding hydrogens is 545 g/mol. The van der Waals surface area contributed by atoms with Crippen LogP contribution in [0.4, 0.5) is 4.39 Å². The summed E-state index contributed by atoms with van der Waals surface area (Å²) in [5, 5.41) is 2.87. The molecule has 0 bridgehead atoms. The Labute approximate surface area is 241 Å². The van der Waals surface area contributed by atoms with Crippen molar-refractivity contribution in [3.63, 3.8) is 0 Å². The molecule has 1 saturated carbocycles. The zero-order chi connectivity index (χ0) is 29.2. The van der Waals surface area contributed by atoms with E-state index in [1.54, 1.807) is 48.4 Å². The summed E-state index contributed by atoms with van der Waals surface area (Å²) in [6.07, 6.45) is 2.46. The van der Waals surface area contributed by atoms with Gasteiger partial charge in [-0.25, -0.2) is 17.5 Å². The van der Waals surface area contributed by atoms with Crippen LogP contribution in [0.25, 0.3) is 0 Å². The van der Waals surface area contributed by atoms with Crippen LogP contribution in [0.3, 0.4) is 0 Å². The lowest BCUT2D eigenvalue weighted by molar-refractivity contribution is -0.141. The summed E-state index contributed by atoms with van der Waals surface area (Å²) in [7, 11) is -2.02. The van der Waals surface area contributed by atoms with Gasteiger partial charge in [0.05, 0.1) is 11.5 Å². The number of rotatable bonds is 15. The van der Waals surface area contributed by atoms with Crippen molar-refractivity contribution >= 4 is 21.8 Å². The molecule has 0 aliphatic heterocycles. The minimum absolute atomic E-state index is 0.0138. The number of hydrogen-bond donors (Lipinski definition) is 2. The summed E-state index contributed by atoms with van der Waals surface area (Å²) in [6, 6.07) is 21.0. The molecule has 0 radical (unpaired) electrons. The Morgan fingerprint density at radius 3 is 2.24 bits per heavy atom. The van der Waals surface area contributed by atoms with Crippen LogP contribution in [0.5, 0.6) is 0 Å². The van der Waals surface area contributed by atoms with Crippen molar-refractivity contribution in [3.8, 4) is 0 Å². The van der Waals surface area contributed by atoms with Gasteiger partial charge in [-0.2, -0.15) is 0 Å². The highest BCUT2D eigenvalue weighted by molar-refractivity contribution is 7.89. The molecule has 3 aromatic carbocycles. The molecule has 8 nitrogen and oxygen atoms in total. The van der Waals surface area contributed by atoms with E-state index in [1.165, 1.54) is 12.1 Å². The van der Waals surface area contributed by atoms with Crippen molar-refractivity contribution in [1.82, 2.24) is 14.9 Å². The molecule has 2 amide bonds. The normalized spacial score (nSPS) is 13.9. The fourth-order valence-corrected chi connectivity index (χ4v) is 5.76.